The summed E-state index contributed by atoms with van der Waals surface area (Å²) in [4.78, 5) is 64.7. The third kappa shape index (κ3) is 13.0. The minimum atomic E-state index is -1.28. The molecule has 0 bridgehead atoms. The van der Waals surface area contributed by atoms with Crippen LogP contribution in [0.3, 0.4) is 0 Å². The summed E-state index contributed by atoms with van der Waals surface area (Å²) in [6.07, 6.45) is 0.139. The number of carboxylic acids is 5. The van der Waals surface area contributed by atoms with E-state index in [2.05, 4.69) is 22.4 Å². The number of isothiocyanates is 1. The van der Waals surface area contributed by atoms with E-state index in [0.717, 1.165) is 4.90 Å². The van der Waals surface area contributed by atoms with Gasteiger partial charge in [-0.15, -0.1) is 0 Å². The van der Waals surface area contributed by atoms with Crippen molar-refractivity contribution in [1.29, 1.82) is 0 Å². The molecule has 0 amide bonds. The van der Waals surface area contributed by atoms with Crippen molar-refractivity contribution in [1.82, 2.24) is 14.7 Å². The zero-order valence-corrected chi connectivity index (χ0v) is 21.4. The Labute approximate surface area is 223 Å². The van der Waals surface area contributed by atoms with Gasteiger partial charge >= 0.3 is 29.8 Å². The summed E-state index contributed by atoms with van der Waals surface area (Å²) in [5.41, 5.74) is 1.20. The molecular weight excluding hydrogens is 524 g/mol. The van der Waals surface area contributed by atoms with Gasteiger partial charge in [-0.05, 0) is 43.3 Å². The summed E-state index contributed by atoms with van der Waals surface area (Å²) in [5.74, 6) is -6.33. The molecule has 0 aromatic heterocycles. The number of carbonyl (C=O) groups is 5. The van der Waals surface area contributed by atoms with Crippen LogP contribution in [-0.2, 0) is 30.4 Å². The summed E-state index contributed by atoms with van der Waals surface area (Å²) in [6.45, 7) is -1.65. The van der Waals surface area contributed by atoms with Crippen LogP contribution in [0.2, 0.25) is 0 Å². The number of thiocarbonyl (C=S) groups is 1. The van der Waals surface area contributed by atoms with Crippen molar-refractivity contribution >= 4 is 52.9 Å². The smallest absolute Gasteiger partial charge is 0.317 e. The molecular formula is C23H30N4O10S. The molecule has 0 spiro atoms. The van der Waals surface area contributed by atoms with Gasteiger partial charge in [0.2, 0.25) is 0 Å². The predicted octanol–water partition coefficient (Wildman–Crippen LogP) is 0.0495. The van der Waals surface area contributed by atoms with Crippen LogP contribution in [0.5, 0.6) is 0 Å². The zero-order valence-electron chi connectivity index (χ0n) is 20.6. The van der Waals surface area contributed by atoms with Gasteiger partial charge in [-0.2, -0.15) is 4.99 Å². The molecule has 0 aliphatic rings. The second-order valence-electron chi connectivity index (χ2n) is 8.55. The third-order valence-electron chi connectivity index (χ3n) is 5.43. The number of aliphatic imine (C=N–C) groups is 1. The van der Waals surface area contributed by atoms with Gasteiger partial charge < -0.3 is 25.5 Å². The summed E-state index contributed by atoms with van der Waals surface area (Å²) in [5, 5.41) is 48.8. The fourth-order valence-electron chi connectivity index (χ4n) is 3.90. The first kappa shape index (κ1) is 32.3. The Morgan fingerprint density at radius 2 is 1.21 bits per heavy atom. The molecule has 0 heterocycles. The molecule has 0 aliphatic heterocycles. The molecule has 208 valence electrons. The van der Waals surface area contributed by atoms with Gasteiger partial charge in [-0.25, -0.2) is 0 Å². The molecule has 38 heavy (non-hydrogen) atoms. The maximum absolute atomic E-state index is 11.6. The van der Waals surface area contributed by atoms with Crippen LogP contribution < -0.4 is 0 Å². The standard InChI is InChI=1S/C23H30N4O10S/c1-15(26(10-20(30)31)11-21(32)33)7-25(9-19(28)29)8-18(27(12-22(34)35)13-23(36)37)6-16-2-4-17(5-3-16)24-14-38/h2-5,15,18H,6-13H2,1H3,(H,28,29)(H,30,31)(H,32,33)(H,34,35)(H,36,37)/t15?,18-/m0/s1. The Balaban J connectivity index is 3.33. The maximum atomic E-state index is 11.6. The van der Waals surface area contributed by atoms with E-state index in [1.807, 2.05) is 0 Å². The molecule has 1 aromatic carbocycles. The van der Waals surface area contributed by atoms with E-state index >= 15 is 0 Å². The molecule has 0 radical (unpaired) electrons. The molecule has 1 unspecified atom stereocenters. The Morgan fingerprint density at radius 1 is 0.763 bits per heavy atom. The molecule has 0 saturated heterocycles. The maximum Gasteiger partial charge on any atom is 0.317 e. The number of aliphatic carboxylic acids is 5. The summed E-state index contributed by atoms with van der Waals surface area (Å²) in [6, 6.07) is 5.13. The highest BCUT2D eigenvalue weighted by atomic mass is 32.1. The van der Waals surface area contributed by atoms with E-state index in [4.69, 9.17) is 10.2 Å². The number of benzene rings is 1. The molecule has 0 fully saturated rings. The topological polar surface area (TPSA) is 209 Å². The average Bonchev–Trinajstić information content (AvgIpc) is 2.77. The first-order chi connectivity index (χ1) is 17.8. The zero-order chi connectivity index (χ0) is 28.8. The molecule has 0 aliphatic carbocycles. The van der Waals surface area contributed by atoms with Crippen molar-refractivity contribution in [3.05, 3.63) is 29.8 Å². The van der Waals surface area contributed by atoms with Crippen molar-refractivity contribution in [2.45, 2.75) is 25.4 Å². The van der Waals surface area contributed by atoms with Crippen molar-refractivity contribution in [3.63, 3.8) is 0 Å². The predicted molar refractivity (Wildman–Crippen MR) is 136 cm³/mol. The number of carboxylic acid groups (broad SMARTS) is 5. The normalized spacial score (nSPS) is 12.6. The van der Waals surface area contributed by atoms with Gasteiger partial charge in [-0.1, -0.05) is 12.1 Å². The Hall–Kier alpha value is -3.75. The average molecular weight is 555 g/mol. The molecule has 1 aromatic rings. The number of hydrogen-bond acceptors (Lipinski definition) is 10. The largest absolute Gasteiger partial charge is 0.480 e. The van der Waals surface area contributed by atoms with Crippen LogP contribution in [0.1, 0.15) is 12.5 Å². The fraction of sp³-hybridized carbons (Fsp3) is 0.478. The third-order valence-corrected chi connectivity index (χ3v) is 5.52. The van der Waals surface area contributed by atoms with Crippen molar-refractivity contribution < 1.29 is 49.5 Å². The monoisotopic (exact) mass is 554 g/mol. The molecule has 0 saturated carbocycles. The van der Waals surface area contributed by atoms with E-state index in [9.17, 15) is 39.3 Å². The van der Waals surface area contributed by atoms with Gasteiger partial charge in [0.25, 0.3) is 0 Å². The van der Waals surface area contributed by atoms with Crippen LogP contribution in [-0.4, -0.2) is 133 Å². The number of nitrogens with zero attached hydrogens (tertiary/aromatic N) is 4. The van der Waals surface area contributed by atoms with Gasteiger partial charge in [0.1, 0.15) is 0 Å². The minimum Gasteiger partial charge on any atom is -0.480 e. The van der Waals surface area contributed by atoms with E-state index < -0.39 is 74.7 Å². The highest BCUT2D eigenvalue weighted by Gasteiger charge is 2.29. The molecule has 15 heteroatoms. The highest BCUT2D eigenvalue weighted by Crippen LogP contribution is 2.17. The molecule has 2 atom stereocenters. The van der Waals surface area contributed by atoms with Crippen molar-refractivity contribution in [3.8, 4) is 0 Å². The van der Waals surface area contributed by atoms with E-state index in [1.165, 1.54) is 16.7 Å². The van der Waals surface area contributed by atoms with Crippen LogP contribution in [0.15, 0.2) is 29.3 Å². The lowest BCUT2D eigenvalue weighted by Gasteiger charge is -2.36. The lowest BCUT2D eigenvalue weighted by Crippen LogP contribution is -2.53. The van der Waals surface area contributed by atoms with Gasteiger partial charge in [0, 0.05) is 25.2 Å². The Kier molecular flexibility index (Phi) is 13.7. The van der Waals surface area contributed by atoms with Crippen molar-refractivity contribution in [2.75, 3.05) is 45.8 Å². The Bertz CT molecular complexity index is 1010. The van der Waals surface area contributed by atoms with Gasteiger partial charge in [0.15, 0.2) is 0 Å². The van der Waals surface area contributed by atoms with E-state index in [0.29, 0.717) is 11.3 Å². The summed E-state index contributed by atoms with van der Waals surface area (Å²) in [7, 11) is 0. The first-order valence-electron chi connectivity index (χ1n) is 11.3. The van der Waals surface area contributed by atoms with Crippen LogP contribution in [0.4, 0.5) is 5.69 Å². The quantitative estimate of drug-likeness (QED) is 0.113. The second-order valence-corrected chi connectivity index (χ2v) is 8.73. The summed E-state index contributed by atoms with van der Waals surface area (Å²) < 4.78 is 0. The van der Waals surface area contributed by atoms with Gasteiger partial charge in [-0.3, -0.25) is 38.7 Å². The molecule has 14 nitrogen and oxygen atoms in total. The molecule has 5 N–H and O–H groups in total. The number of hydrogen-bond donors (Lipinski definition) is 5. The first-order valence-corrected chi connectivity index (χ1v) is 11.7. The summed E-state index contributed by atoms with van der Waals surface area (Å²) >= 11 is 4.57. The SMILES string of the molecule is CC(CN(CC(=O)O)C[C@H](Cc1ccc(N=C=S)cc1)N(CC(=O)O)CC(=O)O)N(CC(=O)O)CC(=O)O. The van der Waals surface area contributed by atoms with Crippen LogP contribution in [0.25, 0.3) is 0 Å². The van der Waals surface area contributed by atoms with Crippen LogP contribution >= 0.6 is 12.2 Å². The number of rotatable bonds is 19. The van der Waals surface area contributed by atoms with Crippen LogP contribution in [0, 0.1) is 0 Å². The van der Waals surface area contributed by atoms with Gasteiger partial charge in [0.05, 0.1) is 43.6 Å². The van der Waals surface area contributed by atoms with Crippen molar-refractivity contribution in [2.24, 2.45) is 4.99 Å². The lowest BCUT2D eigenvalue weighted by molar-refractivity contribution is -0.144. The Morgan fingerprint density at radius 3 is 1.63 bits per heavy atom. The molecule has 1 rings (SSSR count). The van der Waals surface area contributed by atoms with E-state index in [1.54, 1.807) is 24.3 Å². The second kappa shape index (κ2) is 16.2. The highest BCUT2D eigenvalue weighted by molar-refractivity contribution is 7.78. The van der Waals surface area contributed by atoms with E-state index in [-0.39, 0.29) is 19.5 Å². The lowest BCUT2D eigenvalue weighted by atomic mass is 10.0. The minimum absolute atomic E-state index is 0.0837. The fourth-order valence-corrected chi connectivity index (χ4v) is 4.00.